The molecule has 1 aromatic carbocycles. The Morgan fingerprint density at radius 1 is 1.21 bits per heavy atom. The van der Waals surface area contributed by atoms with Crippen molar-refractivity contribution in [3.8, 4) is 0 Å². The lowest BCUT2D eigenvalue weighted by molar-refractivity contribution is -0.139. The lowest BCUT2D eigenvalue weighted by Crippen LogP contribution is -2.54. The predicted molar refractivity (Wildman–Crippen MR) is 102 cm³/mol. The Labute approximate surface area is 170 Å². The third kappa shape index (κ3) is 3.97. The van der Waals surface area contributed by atoms with Crippen LogP contribution >= 0.6 is 23.2 Å². The third-order valence-corrected chi connectivity index (χ3v) is 4.46. The van der Waals surface area contributed by atoms with Crippen LogP contribution in [0.4, 0.5) is 5.69 Å². The molecule has 28 heavy (non-hydrogen) atoms. The van der Waals surface area contributed by atoms with Crippen LogP contribution in [0.15, 0.2) is 42.7 Å². The zero-order valence-electron chi connectivity index (χ0n) is 14.6. The highest BCUT2D eigenvalue weighted by Gasteiger charge is 2.44. The van der Waals surface area contributed by atoms with Gasteiger partial charge in [-0.3, -0.25) is 29.6 Å². The van der Waals surface area contributed by atoms with E-state index in [4.69, 9.17) is 23.2 Å². The fourth-order valence-corrected chi connectivity index (χ4v) is 3.32. The molecule has 1 aliphatic rings. The topological polar surface area (TPSA) is 99.7 Å². The van der Waals surface area contributed by atoms with Crippen LogP contribution < -0.4 is 10.3 Å². The molecule has 0 spiro atoms. The van der Waals surface area contributed by atoms with Gasteiger partial charge in [-0.2, -0.15) is 0 Å². The van der Waals surface area contributed by atoms with Crippen LogP contribution in [-0.2, 0) is 14.4 Å². The van der Waals surface area contributed by atoms with Crippen LogP contribution in [0.25, 0.3) is 0 Å². The molecule has 8 nitrogen and oxygen atoms in total. The normalized spacial score (nSPS) is 16.2. The Kier molecular flexibility index (Phi) is 5.62. The van der Waals surface area contributed by atoms with Crippen LogP contribution in [0.1, 0.15) is 23.7 Å². The first-order valence-corrected chi connectivity index (χ1v) is 8.87. The lowest BCUT2D eigenvalue weighted by Gasteiger charge is -2.26. The minimum atomic E-state index is -1.19. The molecule has 0 saturated carbocycles. The van der Waals surface area contributed by atoms with Gasteiger partial charge in [-0.25, -0.2) is 9.91 Å². The van der Waals surface area contributed by atoms with Gasteiger partial charge < -0.3 is 0 Å². The number of imide groups is 1. The number of hydrazine groups is 1. The fraction of sp³-hybridized carbons (Fsp3) is 0.167. The Balaban J connectivity index is 1.86. The van der Waals surface area contributed by atoms with E-state index in [9.17, 15) is 19.2 Å². The minimum Gasteiger partial charge on any atom is -0.274 e. The number of halogens is 2. The number of benzene rings is 1. The highest BCUT2D eigenvalue weighted by atomic mass is 35.5. The van der Waals surface area contributed by atoms with Gasteiger partial charge in [0, 0.05) is 29.4 Å². The summed E-state index contributed by atoms with van der Waals surface area (Å²) < 4.78 is 0. The summed E-state index contributed by atoms with van der Waals surface area (Å²) in [5.41, 5.74) is 2.76. The molecule has 4 amide bonds. The number of aromatic nitrogens is 1. The maximum Gasteiger partial charge on any atom is 0.271 e. The molecule has 1 unspecified atom stereocenters. The van der Waals surface area contributed by atoms with Crippen molar-refractivity contribution in [1.29, 1.82) is 0 Å². The zero-order valence-corrected chi connectivity index (χ0v) is 16.1. The first-order chi connectivity index (χ1) is 13.3. The van der Waals surface area contributed by atoms with Crippen molar-refractivity contribution in [1.82, 2.24) is 15.4 Å². The molecule has 3 rings (SSSR count). The van der Waals surface area contributed by atoms with E-state index in [1.165, 1.54) is 43.6 Å². The van der Waals surface area contributed by atoms with Gasteiger partial charge in [-0.05, 0) is 30.3 Å². The van der Waals surface area contributed by atoms with Gasteiger partial charge in [0.15, 0.2) is 0 Å². The monoisotopic (exact) mass is 420 g/mol. The van der Waals surface area contributed by atoms with E-state index in [0.29, 0.717) is 0 Å². The molecule has 0 radical (unpaired) electrons. The van der Waals surface area contributed by atoms with Gasteiger partial charge in [0.2, 0.25) is 11.8 Å². The first-order valence-electron chi connectivity index (χ1n) is 8.11. The largest absolute Gasteiger partial charge is 0.274 e. The lowest BCUT2D eigenvalue weighted by atomic mass is 10.2. The number of hydrogen-bond acceptors (Lipinski definition) is 5. The SMILES string of the molecule is CC(=O)N(NC(=O)c1cccnc1)C1CC(=O)N(c2cc(Cl)cc(Cl)c2)C1=O. The zero-order chi connectivity index (χ0) is 20.4. The number of rotatable bonds is 3. The number of carbonyl (C=O) groups excluding carboxylic acids is 4. The first kappa shape index (κ1) is 19.8. The number of nitrogens with zero attached hydrogens (tertiary/aromatic N) is 3. The minimum absolute atomic E-state index is 0.192. The van der Waals surface area contributed by atoms with E-state index in [-0.39, 0.29) is 27.7 Å². The third-order valence-electron chi connectivity index (χ3n) is 4.02. The summed E-state index contributed by atoms with van der Waals surface area (Å²) in [5, 5.41) is 1.35. The summed E-state index contributed by atoms with van der Waals surface area (Å²) in [7, 11) is 0. The van der Waals surface area contributed by atoms with E-state index in [2.05, 4.69) is 10.4 Å². The molecular weight excluding hydrogens is 407 g/mol. The molecule has 1 aromatic heterocycles. The molecule has 1 fully saturated rings. The van der Waals surface area contributed by atoms with Gasteiger partial charge in [-0.15, -0.1) is 0 Å². The second-order valence-electron chi connectivity index (χ2n) is 5.99. The molecular formula is C18H14Cl2N4O4. The van der Waals surface area contributed by atoms with E-state index in [1.54, 1.807) is 6.07 Å². The molecule has 0 bridgehead atoms. The number of pyridine rings is 1. The van der Waals surface area contributed by atoms with Crippen molar-refractivity contribution in [2.45, 2.75) is 19.4 Å². The van der Waals surface area contributed by atoms with Crippen molar-refractivity contribution in [2.24, 2.45) is 0 Å². The van der Waals surface area contributed by atoms with Gasteiger partial charge in [0.25, 0.3) is 11.8 Å². The number of carbonyl (C=O) groups is 4. The van der Waals surface area contributed by atoms with Crippen molar-refractivity contribution in [2.75, 3.05) is 4.90 Å². The number of amides is 4. The molecule has 1 aliphatic heterocycles. The summed E-state index contributed by atoms with van der Waals surface area (Å²) in [4.78, 5) is 54.5. The van der Waals surface area contributed by atoms with Crippen LogP contribution in [-0.4, -0.2) is 39.7 Å². The van der Waals surface area contributed by atoms with Gasteiger partial charge >= 0.3 is 0 Å². The molecule has 1 saturated heterocycles. The van der Waals surface area contributed by atoms with E-state index >= 15 is 0 Å². The molecule has 0 aliphatic carbocycles. The Morgan fingerprint density at radius 2 is 1.89 bits per heavy atom. The van der Waals surface area contributed by atoms with E-state index in [0.717, 1.165) is 9.91 Å². The highest BCUT2D eigenvalue weighted by Crippen LogP contribution is 2.30. The van der Waals surface area contributed by atoms with Gasteiger partial charge in [-0.1, -0.05) is 23.2 Å². The Morgan fingerprint density at radius 3 is 2.46 bits per heavy atom. The van der Waals surface area contributed by atoms with Crippen molar-refractivity contribution >= 4 is 52.5 Å². The van der Waals surface area contributed by atoms with Crippen LogP contribution in [0.3, 0.4) is 0 Å². The van der Waals surface area contributed by atoms with Gasteiger partial charge in [0.05, 0.1) is 17.7 Å². The van der Waals surface area contributed by atoms with Crippen LogP contribution in [0.5, 0.6) is 0 Å². The summed E-state index contributed by atoms with van der Waals surface area (Å²) in [6.07, 6.45) is 2.51. The molecule has 2 heterocycles. The van der Waals surface area contributed by atoms with E-state index < -0.39 is 29.7 Å². The maximum atomic E-state index is 12.9. The molecule has 1 atom stereocenters. The average Bonchev–Trinajstić information content (AvgIpc) is 2.93. The second kappa shape index (κ2) is 7.95. The molecule has 144 valence electrons. The number of nitrogens with one attached hydrogen (secondary N) is 1. The highest BCUT2D eigenvalue weighted by molar-refractivity contribution is 6.35. The van der Waals surface area contributed by atoms with E-state index in [1.807, 2.05) is 0 Å². The van der Waals surface area contributed by atoms with Gasteiger partial charge in [0.1, 0.15) is 6.04 Å². The Hall–Kier alpha value is -2.97. The van der Waals surface area contributed by atoms with Crippen molar-refractivity contribution in [3.63, 3.8) is 0 Å². The summed E-state index contributed by atoms with van der Waals surface area (Å²) >= 11 is 11.9. The number of anilines is 1. The second-order valence-corrected chi connectivity index (χ2v) is 6.86. The summed E-state index contributed by atoms with van der Waals surface area (Å²) in [6.45, 7) is 1.18. The smallest absolute Gasteiger partial charge is 0.271 e. The van der Waals surface area contributed by atoms with Crippen molar-refractivity contribution in [3.05, 3.63) is 58.3 Å². The molecule has 1 N–H and O–H groups in total. The predicted octanol–water partition coefficient (Wildman–Crippen LogP) is 2.21. The van der Waals surface area contributed by atoms with Crippen LogP contribution in [0, 0.1) is 0 Å². The standard InChI is InChI=1S/C18H14Cl2N4O4/c1-10(25)24(22-17(27)11-3-2-4-21-9-11)15-8-16(26)23(18(15)28)14-6-12(19)5-13(20)7-14/h2-7,9,15H,8H2,1H3,(H,22,27). The Bertz CT molecular complexity index is 947. The average molecular weight is 421 g/mol. The maximum absolute atomic E-state index is 12.9. The fourth-order valence-electron chi connectivity index (χ4n) is 2.80. The summed E-state index contributed by atoms with van der Waals surface area (Å²) in [6, 6.07) is 6.16. The molecule has 10 heteroatoms. The van der Waals surface area contributed by atoms with Crippen molar-refractivity contribution < 1.29 is 19.2 Å². The summed E-state index contributed by atoms with van der Waals surface area (Å²) in [5.74, 6) is -2.46. The quantitative estimate of drug-likeness (QED) is 0.605. The molecule has 2 aromatic rings. The number of hydrogen-bond donors (Lipinski definition) is 1. The van der Waals surface area contributed by atoms with Crippen LogP contribution in [0.2, 0.25) is 10.0 Å².